The fourth-order valence-electron chi connectivity index (χ4n) is 1.80. The molecule has 0 N–H and O–H groups in total. The Labute approximate surface area is 138 Å². The maximum Gasteiger partial charge on any atom is 0.416 e. The lowest BCUT2D eigenvalue weighted by Gasteiger charge is -2.34. The topological polar surface area (TPSA) is 20.3 Å². The smallest absolute Gasteiger partial charge is 0.272 e. The molecule has 122 valence electrons. The molecule has 1 amide bonds. The van der Waals surface area contributed by atoms with Gasteiger partial charge in [-0.05, 0) is 70.3 Å². The van der Waals surface area contributed by atoms with Gasteiger partial charge in [-0.1, -0.05) is 12.2 Å². The Balaban J connectivity index is 3.30. The minimum Gasteiger partial charge on any atom is -0.272 e. The standard InChI is InChI=1S/C15H18F3NOS2/c1-9-6-11(8-12(7-9)15(16,17)18)13(20)19(14(3,4)5)22-10(2)21/h6-8H,1-5H3. The molecular weight excluding hydrogens is 331 g/mol. The van der Waals surface area contributed by atoms with Crippen LogP contribution in [0.5, 0.6) is 0 Å². The van der Waals surface area contributed by atoms with E-state index in [2.05, 4.69) is 0 Å². The molecule has 1 rings (SSSR count). The summed E-state index contributed by atoms with van der Waals surface area (Å²) in [5.74, 6) is -0.490. The fourth-order valence-corrected chi connectivity index (χ4v) is 2.74. The molecule has 0 aliphatic carbocycles. The van der Waals surface area contributed by atoms with E-state index in [0.717, 1.165) is 24.1 Å². The molecular formula is C15H18F3NOS2. The summed E-state index contributed by atoms with van der Waals surface area (Å²) in [6, 6.07) is 3.36. The first-order valence-corrected chi connectivity index (χ1v) is 7.72. The van der Waals surface area contributed by atoms with Crippen LogP contribution in [-0.4, -0.2) is 19.9 Å². The number of hydrogen-bond acceptors (Lipinski definition) is 3. The molecule has 7 heteroatoms. The van der Waals surface area contributed by atoms with Gasteiger partial charge in [-0.15, -0.1) is 0 Å². The number of benzene rings is 1. The highest BCUT2D eigenvalue weighted by molar-refractivity contribution is 8.21. The Morgan fingerprint density at radius 1 is 1.18 bits per heavy atom. The van der Waals surface area contributed by atoms with E-state index in [4.69, 9.17) is 12.2 Å². The van der Waals surface area contributed by atoms with E-state index >= 15 is 0 Å². The van der Waals surface area contributed by atoms with E-state index in [0.29, 0.717) is 9.76 Å². The summed E-state index contributed by atoms with van der Waals surface area (Å²) in [6.45, 7) is 8.61. The highest BCUT2D eigenvalue weighted by Gasteiger charge is 2.34. The summed E-state index contributed by atoms with van der Waals surface area (Å²) in [7, 11) is 0. The second-order valence-corrected chi connectivity index (χ2v) is 7.97. The second-order valence-electron chi connectivity index (χ2n) is 5.94. The first kappa shape index (κ1) is 19.0. The van der Waals surface area contributed by atoms with E-state index in [1.54, 1.807) is 27.7 Å². The van der Waals surface area contributed by atoms with Gasteiger partial charge in [0.1, 0.15) is 0 Å². The summed E-state index contributed by atoms with van der Waals surface area (Å²) in [5.41, 5.74) is -1.01. The van der Waals surface area contributed by atoms with E-state index in [1.807, 2.05) is 0 Å². The summed E-state index contributed by atoms with van der Waals surface area (Å²) < 4.78 is 40.6. The van der Waals surface area contributed by atoms with Crippen LogP contribution >= 0.6 is 24.2 Å². The third-order valence-corrected chi connectivity index (χ3v) is 4.04. The minimum atomic E-state index is -4.49. The Morgan fingerprint density at radius 3 is 2.14 bits per heavy atom. The zero-order valence-electron chi connectivity index (χ0n) is 13.0. The molecule has 0 radical (unpaired) electrons. The second kappa shape index (κ2) is 6.58. The van der Waals surface area contributed by atoms with Gasteiger partial charge in [0, 0.05) is 11.1 Å². The van der Waals surface area contributed by atoms with Crippen LogP contribution in [0.3, 0.4) is 0 Å². The largest absolute Gasteiger partial charge is 0.416 e. The quantitative estimate of drug-likeness (QED) is 0.510. The molecule has 0 bridgehead atoms. The van der Waals surface area contributed by atoms with Crippen LogP contribution in [0.15, 0.2) is 18.2 Å². The predicted molar refractivity (Wildman–Crippen MR) is 88.0 cm³/mol. The van der Waals surface area contributed by atoms with Crippen molar-refractivity contribution in [2.45, 2.75) is 46.3 Å². The van der Waals surface area contributed by atoms with Gasteiger partial charge in [0.2, 0.25) is 0 Å². The van der Waals surface area contributed by atoms with Crippen LogP contribution in [0.4, 0.5) is 13.2 Å². The van der Waals surface area contributed by atoms with E-state index in [1.165, 1.54) is 17.3 Å². The Bertz CT molecular complexity index is 591. The first-order valence-electron chi connectivity index (χ1n) is 6.54. The third kappa shape index (κ3) is 4.98. The average Bonchev–Trinajstić information content (AvgIpc) is 2.31. The SMILES string of the molecule is CC(=S)SN(C(=O)c1cc(C)cc(C(F)(F)F)c1)C(C)(C)C. The normalized spacial score (nSPS) is 12.2. The molecule has 1 aromatic carbocycles. The number of carbonyl (C=O) groups excluding carboxylic acids is 1. The lowest BCUT2D eigenvalue weighted by atomic mass is 10.0. The van der Waals surface area contributed by atoms with Gasteiger partial charge >= 0.3 is 6.18 Å². The predicted octanol–water partition coefficient (Wildman–Crippen LogP) is 5.25. The Morgan fingerprint density at radius 2 is 1.73 bits per heavy atom. The van der Waals surface area contributed by atoms with Gasteiger partial charge in [0.15, 0.2) is 0 Å². The number of amides is 1. The average molecular weight is 349 g/mol. The van der Waals surface area contributed by atoms with E-state index < -0.39 is 23.2 Å². The third-order valence-electron chi connectivity index (χ3n) is 2.67. The molecule has 0 aliphatic rings. The molecule has 0 heterocycles. The van der Waals surface area contributed by atoms with Crippen molar-refractivity contribution < 1.29 is 18.0 Å². The number of nitrogens with zero attached hydrogens (tertiary/aromatic N) is 1. The van der Waals surface area contributed by atoms with Crippen molar-refractivity contribution in [3.8, 4) is 0 Å². The summed E-state index contributed by atoms with van der Waals surface area (Å²) >= 11 is 6.07. The van der Waals surface area contributed by atoms with Crippen molar-refractivity contribution in [3.05, 3.63) is 34.9 Å². The van der Waals surface area contributed by atoms with Crippen molar-refractivity contribution in [2.24, 2.45) is 0 Å². The van der Waals surface area contributed by atoms with Crippen LogP contribution in [0.25, 0.3) is 0 Å². The molecule has 0 spiro atoms. The van der Waals surface area contributed by atoms with Gasteiger partial charge in [-0.3, -0.25) is 9.10 Å². The maximum atomic E-state index is 12.9. The van der Waals surface area contributed by atoms with Crippen molar-refractivity contribution in [2.75, 3.05) is 0 Å². The van der Waals surface area contributed by atoms with Gasteiger partial charge < -0.3 is 0 Å². The number of aryl methyl sites for hydroxylation is 1. The summed E-state index contributed by atoms with van der Waals surface area (Å²) in [5, 5.41) is 0. The molecule has 0 fully saturated rings. The minimum absolute atomic E-state index is 0.00556. The molecule has 0 atom stereocenters. The molecule has 0 unspecified atom stereocenters. The lowest BCUT2D eigenvalue weighted by Crippen LogP contribution is -2.41. The number of thiocarbonyl (C=S) groups is 1. The van der Waals surface area contributed by atoms with Crippen LogP contribution in [0.1, 0.15) is 49.2 Å². The zero-order valence-corrected chi connectivity index (χ0v) is 14.7. The maximum absolute atomic E-state index is 12.9. The van der Waals surface area contributed by atoms with Crippen molar-refractivity contribution in [1.82, 2.24) is 4.31 Å². The molecule has 2 nitrogen and oxygen atoms in total. The van der Waals surface area contributed by atoms with Crippen LogP contribution in [0.2, 0.25) is 0 Å². The molecule has 22 heavy (non-hydrogen) atoms. The molecule has 1 aromatic rings. The zero-order chi connectivity index (χ0) is 17.3. The van der Waals surface area contributed by atoms with Crippen LogP contribution < -0.4 is 0 Å². The van der Waals surface area contributed by atoms with Gasteiger partial charge in [0.05, 0.1) is 9.76 Å². The van der Waals surface area contributed by atoms with Gasteiger partial charge in [-0.25, -0.2) is 0 Å². The summed E-state index contributed by atoms with van der Waals surface area (Å²) in [6.07, 6.45) is -4.49. The highest BCUT2D eigenvalue weighted by Crippen LogP contribution is 2.32. The van der Waals surface area contributed by atoms with E-state index in [-0.39, 0.29) is 5.56 Å². The Hall–Kier alpha value is -1.08. The van der Waals surface area contributed by atoms with E-state index in [9.17, 15) is 18.0 Å². The number of rotatable bonds is 1. The molecule has 0 aromatic heterocycles. The number of alkyl halides is 3. The Kier molecular flexibility index (Phi) is 5.67. The first-order chi connectivity index (χ1) is 9.82. The lowest BCUT2D eigenvalue weighted by molar-refractivity contribution is -0.137. The molecule has 0 saturated carbocycles. The molecule has 0 saturated heterocycles. The van der Waals surface area contributed by atoms with Gasteiger partial charge in [-0.2, -0.15) is 13.2 Å². The number of halogens is 3. The molecule has 0 aliphatic heterocycles. The van der Waals surface area contributed by atoms with Crippen LogP contribution in [0, 0.1) is 6.92 Å². The van der Waals surface area contributed by atoms with Crippen LogP contribution in [-0.2, 0) is 6.18 Å². The monoisotopic (exact) mass is 349 g/mol. The summed E-state index contributed by atoms with van der Waals surface area (Å²) in [4.78, 5) is 12.6. The van der Waals surface area contributed by atoms with Gasteiger partial charge in [0.25, 0.3) is 5.91 Å². The van der Waals surface area contributed by atoms with Crippen molar-refractivity contribution in [3.63, 3.8) is 0 Å². The highest BCUT2D eigenvalue weighted by atomic mass is 32.2. The fraction of sp³-hybridized carbons (Fsp3) is 0.467. The number of hydrogen-bond donors (Lipinski definition) is 0. The number of carbonyl (C=O) groups is 1. The van der Waals surface area contributed by atoms with Crippen molar-refractivity contribution >= 4 is 34.3 Å². The van der Waals surface area contributed by atoms with Crippen molar-refractivity contribution in [1.29, 1.82) is 0 Å².